The fraction of sp³-hybridized carbons (Fsp3) is 0.364. The molecule has 1 aromatic carbocycles. The average Bonchev–Trinajstić information content (AvgIpc) is 2.60. The Morgan fingerprint density at radius 2 is 2.06 bits per heavy atom. The van der Waals surface area contributed by atoms with Crippen LogP contribution in [0.3, 0.4) is 0 Å². The second kappa shape index (κ2) is 4.65. The van der Waals surface area contributed by atoms with Gasteiger partial charge in [-0.3, -0.25) is 0 Å². The van der Waals surface area contributed by atoms with Crippen molar-refractivity contribution in [2.75, 3.05) is 11.5 Å². The molecule has 0 aromatic heterocycles. The van der Waals surface area contributed by atoms with E-state index in [1.54, 1.807) is 6.21 Å². The highest BCUT2D eigenvalue weighted by atomic mass is 32.2. The highest BCUT2D eigenvalue weighted by Crippen LogP contribution is 2.10. The van der Waals surface area contributed by atoms with E-state index in [9.17, 15) is 8.42 Å². The first-order valence-corrected chi connectivity index (χ1v) is 7.02. The molecule has 16 heavy (non-hydrogen) atoms. The Balaban J connectivity index is 1.87. The van der Waals surface area contributed by atoms with Crippen LogP contribution in [0.15, 0.2) is 35.4 Å². The van der Waals surface area contributed by atoms with E-state index in [2.05, 4.69) is 10.5 Å². The molecule has 1 heterocycles. The van der Waals surface area contributed by atoms with Gasteiger partial charge in [0.05, 0.1) is 23.8 Å². The summed E-state index contributed by atoms with van der Waals surface area (Å²) >= 11 is 0. The van der Waals surface area contributed by atoms with Gasteiger partial charge in [0, 0.05) is 0 Å². The van der Waals surface area contributed by atoms with E-state index in [0.29, 0.717) is 6.42 Å². The number of benzene rings is 1. The minimum Gasteiger partial charge on any atom is -0.306 e. The van der Waals surface area contributed by atoms with E-state index in [4.69, 9.17) is 0 Å². The third kappa shape index (κ3) is 3.06. The molecular formula is C11H14N2O2S. The van der Waals surface area contributed by atoms with Crippen molar-refractivity contribution in [1.29, 1.82) is 0 Å². The number of hydrogen-bond donors (Lipinski definition) is 1. The average molecular weight is 238 g/mol. The van der Waals surface area contributed by atoms with Crippen LogP contribution in [-0.2, 0) is 9.84 Å². The lowest BCUT2D eigenvalue weighted by molar-refractivity contribution is 0.578. The van der Waals surface area contributed by atoms with Crippen molar-refractivity contribution in [1.82, 2.24) is 5.43 Å². The van der Waals surface area contributed by atoms with Gasteiger partial charge in [0.2, 0.25) is 0 Å². The Labute approximate surface area is 95.3 Å². The van der Waals surface area contributed by atoms with E-state index >= 15 is 0 Å². The van der Waals surface area contributed by atoms with Crippen LogP contribution in [0.4, 0.5) is 0 Å². The molecule has 0 aliphatic carbocycles. The molecule has 1 unspecified atom stereocenters. The lowest BCUT2D eigenvalue weighted by Gasteiger charge is -2.05. The van der Waals surface area contributed by atoms with Gasteiger partial charge in [-0.15, -0.1) is 0 Å². The SMILES string of the molecule is O=S1(=O)CCC(NN=Cc2ccccc2)C1. The molecule has 1 fully saturated rings. The van der Waals surface area contributed by atoms with Crippen molar-refractivity contribution in [2.45, 2.75) is 12.5 Å². The molecule has 2 rings (SSSR count). The fourth-order valence-corrected chi connectivity index (χ4v) is 3.32. The first-order chi connectivity index (χ1) is 7.66. The van der Waals surface area contributed by atoms with Gasteiger partial charge in [0.1, 0.15) is 0 Å². The van der Waals surface area contributed by atoms with Gasteiger partial charge < -0.3 is 5.43 Å². The Morgan fingerprint density at radius 1 is 1.31 bits per heavy atom. The summed E-state index contributed by atoms with van der Waals surface area (Å²) in [5, 5.41) is 4.05. The molecule has 4 nitrogen and oxygen atoms in total. The lowest BCUT2D eigenvalue weighted by atomic mass is 10.2. The smallest absolute Gasteiger partial charge is 0.152 e. The number of nitrogens with zero attached hydrogens (tertiary/aromatic N) is 1. The molecule has 0 saturated carbocycles. The Kier molecular flexibility index (Phi) is 3.24. The van der Waals surface area contributed by atoms with Gasteiger partial charge >= 0.3 is 0 Å². The zero-order valence-corrected chi connectivity index (χ0v) is 9.65. The van der Waals surface area contributed by atoms with Crippen molar-refractivity contribution < 1.29 is 8.42 Å². The molecule has 1 N–H and O–H groups in total. The van der Waals surface area contributed by atoms with Crippen LogP contribution in [0, 0.1) is 0 Å². The van der Waals surface area contributed by atoms with Crippen LogP contribution in [0.5, 0.6) is 0 Å². The van der Waals surface area contributed by atoms with Crippen LogP contribution in [0.1, 0.15) is 12.0 Å². The van der Waals surface area contributed by atoms with Crippen LogP contribution < -0.4 is 5.43 Å². The molecule has 5 heteroatoms. The topological polar surface area (TPSA) is 58.5 Å². The Hall–Kier alpha value is -1.36. The number of sulfone groups is 1. The van der Waals surface area contributed by atoms with Crippen molar-refractivity contribution >= 4 is 16.1 Å². The maximum Gasteiger partial charge on any atom is 0.152 e. The molecule has 86 valence electrons. The molecule has 0 amide bonds. The maximum absolute atomic E-state index is 11.2. The Bertz CT molecular complexity index is 468. The van der Waals surface area contributed by atoms with Crippen molar-refractivity contribution in [3.05, 3.63) is 35.9 Å². The summed E-state index contributed by atoms with van der Waals surface area (Å²) in [7, 11) is -2.83. The predicted octanol–water partition coefficient (Wildman–Crippen LogP) is 0.797. The van der Waals surface area contributed by atoms with Crippen LogP contribution >= 0.6 is 0 Å². The van der Waals surface area contributed by atoms with Gasteiger partial charge in [-0.05, 0) is 12.0 Å². The summed E-state index contributed by atoms with van der Waals surface area (Å²) in [6.07, 6.45) is 2.35. The van der Waals surface area contributed by atoms with Crippen LogP contribution in [0.25, 0.3) is 0 Å². The molecule has 1 atom stereocenters. The fourth-order valence-electron chi connectivity index (χ4n) is 1.65. The summed E-state index contributed by atoms with van der Waals surface area (Å²) in [6, 6.07) is 9.65. The largest absolute Gasteiger partial charge is 0.306 e. The Morgan fingerprint density at radius 3 is 2.69 bits per heavy atom. The number of hydrogen-bond acceptors (Lipinski definition) is 4. The van der Waals surface area contributed by atoms with E-state index in [-0.39, 0.29) is 17.5 Å². The second-order valence-corrected chi connectivity index (χ2v) is 6.13. The van der Waals surface area contributed by atoms with Gasteiger partial charge in [0.15, 0.2) is 9.84 Å². The number of rotatable bonds is 3. The molecule has 0 bridgehead atoms. The zero-order chi connectivity index (χ0) is 11.4. The van der Waals surface area contributed by atoms with Crippen molar-refractivity contribution in [2.24, 2.45) is 5.10 Å². The highest BCUT2D eigenvalue weighted by molar-refractivity contribution is 7.91. The van der Waals surface area contributed by atoms with E-state index in [0.717, 1.165) is 5.56 Å². The lowest BCUT2D eigenvalue weighted by Crippen LogP contribution is -2.25. The van der Waals surface area contributed by atoms with E-state index in [1.807, 2.05) is 30.3 Å². The zero-order valence-electron chi connectivity index (χ0n) is 8.83. The molecule has 1 saturated heterocycles. The minimum absolute atomic E-state index is 0.0371. The van der Waals surface area contributed by atoms with Gasteiger partial charge in [0.25, 0.3) is 0 Å². The monoisotopic (exact) mass is 238 g/mol. The van der Waals surface area contributed by atoms with Gasteiger partial charge in [-0.1, -0.05) is 30.3 Å². The summed E-state index contributed by atoms with van der Waals surface area (Å²) < 4.78 is 22.4. The van der Waals surface area contributed by atoms with Gasteiger partial charge in [-0.2, -0.15) is 5.10 Å². The normalized spacial score (nSPS) is 23.6. The third-order valence-electron chi connectivity index (χ3n) is 2.50. The highest BCUT2D eigenvalue weighted by Gasteiger charge is 2.27. The summed E-state index contributed by atoms with van der Waals surface area (Å²) in [4.78, 5) is 0. The molecule has 0 spiro atoms. The standard InChI is InChI=1S/C11H14N2O2S/c14-16(15)7-6-11(9-16)13-12-8-10-4-2-1-3-5-10/h1-5,8,11,13H,6-7,9H2. The minimum atomic E-state index is -2.83. The van der Waals surface area contributed by atoms with Gasteiger partial charge in [-0.25, -0.2) is 8.42 Å². The van der Waals surface area contributed by atoms with E-state index in [1.165, 1.54) is 0 Å². The summed E-state index contributed by atoms with van der Waals surface area (Å²) in [6.45, 7) is 0. The summed E-state index contributed by atoms with van der Waals surface area (Å²) in [5.74, 6) is 0.463. The van der Waals surface area contributed by atoms with E-state index < -0.39 is 9.84 Å². The van der Waals surface area contributed by atoms with Crippen LogP contribution in [-0.4, -0.2) is 32.2 Å². The number of hydrazone groups is 1. The molecular weight excluding hydrogens is 224 g/mol. The quantitative estimate of drug-likeness (QED) is 0.626. The second-order valence-electron chi connectivity index (χ2n) is 3.90. The summed E-state index contributed by atoms with van der Waals surface area (Å²) in [5.41, 5.74) is 3.87. The molecule has 1 aliphatic heterocycles. The molecule has 1 aliphatic rings. The molecule has 0 radical (unpaired) electrons. The molecule has 1 aromatic rings. The third-order valence-corrected chi connectivity index (χ3v) is 4.27. The maximum atomic E-state index is 11.2. The van der Waals surface area contributed by atoms with Crippen LogP contribution in [0.2, 0.25) is 0 Å². The van der Waals surface area contributed by atoms with Crippen molar-refractivity contribution in [3.63, 3.8) is 0 Å². The number of nitrogens with one attached hydrogen (secondary N) is 1. The predicted molar refractivity (Wildman–Crippen MR) is 64.2 cm³/mol. The first kappa shape index (κ1) is 11.1. The van der Waals surface area contributed by atoms with Crippen molar-refractivity contribution in [3.8, 4) is 0 Å². The first-order valence-electron chi connectivity index (χ1n) is 5.20.